The van der Waals surface area contributed by atoms with Crippen molar-refractivity contribution in [3.05, 3.63) is 47.4 Å². The molecule has 2 fully saturated rings. The van der Waals surface area contributed by atoms with Gasteiger partial charge in [-0.2, -0.15) is 9.67 Å². The van der Waals surface area contributed by atoms with Crippen LogP contribution in [0.4, 0.5) is 17.6 Å². The van der Waals surface area contributed by atoms with E-state index in [1.54, 1.807) is 22.2 Å². The van der Waals surface area contributed by atoms with Crippen LogP contribution >= 0.6 is 11.3 Å². The number of hydrogen-bond acceptors (Lipinski definition) is 11. The number of nitrogens with two attached hydrogens (primary N) is 1. The van der Waals surface area contributed by atoms with Crippen molar-refractivity contribution < 1.29 is 0 Å². The first-order valence-corrected chi connectivity index (χ1v) is 14.4. The maximum atomic E-state index is 6.18. The number of aromatic nitrogens is 6. The fraction of sp³-hybridized carbons (Fsp3) is 0.444. The minimum absolute atomic E-state index is 0.253. The highest BCUT2D eigenvalue weighted by Crippen LogP contribution is 2.29. The molecule has 0 spiro atoms. The highest BCUT2D eigenvalue weighted by Gasteiger charge is 2.26. The molecule has 4 aromatic rings. The summed E-state index contributed by atoms with van der Waals surface area (Å²) in [7, 11) is 2.22. The minimum Gasteiger partial charge on any atom is -0.368 e. The molecule has 0 bridgehead atoms. The van der Waals surface area contributed by atoms with Crippen molar-refractivity contribution >= 4 is 45.2 Å². The lowest BCUT2D eigenvalue weighted by Crippen LogP contribution is -2.52. The van der Waals surface area contributed by atoms with Crippen LogP contribution in [-0.2, 0) is 0 Å². The molecule has 2 aliphatic rings. The van der Waals surface area contributed by atoms with Crippen LogP contribution in [0.5, 0.6) is 0 Å². The number of fused-ring (bicyclic) bond motifs is 1. The predicted molar refractivity (Wildman–Crippen MR) is 157 cm³/mol. The van der Waals surface area contributed by atoms with Crippen molar-refractivity contribution in [2.24, 2.45) is 0 Å². The Balaban J connectivity index is 1.02. The molecule has 204 valence electrons. The molecule has 0 aromatic carbocycles. The molecule has 4 aromatic heterocycles. The van der Waals surface area contributed by atoms with E-state index in [9.17, 15) is 0 Å². The second-order valence-corrected chi connectivity index (χ2v) is 11.2. The Kier molecular flexibility index (Phi) is 7.51. The van der Waals surface area contributed by atoms with Crippen molar-refractivity contribution in [3.8, 4) is 5.82 Å². The number of nitrogen functional groups attached to an aromatic ring is 1. The molecule has 2 saturated heterocycles. The quantitative estimate of drug-likeness (QED) is 0.359. The zero-order chi connectivity index (χ0) is 26.8. The number of piperazine rings is 1. The highest BCUT2D eigenvalue weighted by atomic mass is 32.1. The van der Waals surface area contributed by atoms with Crippen LogP contribution in [0.2, 0.25) is 0 Å². The molecule has 2 aliphatic heterocycles. The number of nitrogens with zero attached hydrogens (tertiary/aromatic N) is 9. The molecule has 0 unspecified atom stereocenters. The van der Waals surface area contributed by atoms with Gasteiger partial charge in [0.05, 0.1) is 27.8 Å². The van der Waals surface area contributed by atoms with E-state index in [1.807, 2.05) is 24.4 Å². The second-order valence-electron chi connectivity index (χ2n) is 10.4. The van der Waals surface area contributed by atoms with Gasteiger partial charge in [0.25, 0.3) is 0 Å². The Morgan fingerprint density at radius 2 is 1.90 bits per heavy atom. The third-order valence-electron chi connectivity index (χ3n) is 7.65. The second kappa shape index (κ2) is 11.3. The number of nitrogens with one attached hydrogen (secondary N) is 1. The topological polar surface area (TPSA) is 117 Å². The summed E-state index contributed by atoms with van der Waals surface area (Å²) in [6, 6.07) is 4.70. The highest BCUT2D eigenvalue weighted by molar-refractivity contribution is 7.17. The van der Waals surface area contributed by atoms with Gasteiger partial charge in [0, 0.05) is 38.8 Å². The number of hydrogen-bond donors (Lipinski definition) is 2. The number of anilines is 3. The van der Waals surface area contributed by atoms with Crippen LogP contribution < -0.4 is 11.1 Å². The van der Waals surface area contributed by atoms with Gasteiger partial charge in [0.2, 0.25) is 11.9 Å². The van der Waals surface area contributed by atoms with Gasteiger partial charge >= 0.3 is 0 Å². The summed E-state index contributed by atoms with van der Waals surface area (Å²) in [6.45, 7) is 10.1. The van der Waals surface area contributed by atoms with E-state index in [1.165, 1.54) is 45.3 Å². The molecule has 0 saturated carbocycles. The molecule has 6 heterocycles. The fourth-order valence-electron chi connectivity index (χ4n) is 5.32. The van der Waals surface area contributed by atoms with Crippen molar-refractivity contribution in [1.29, 1.82) is 0 Å². The van der Waals surface area contributed by atoms with E-state index < -0.39 is 0 Å². The first-order valence-electron chi connectivity index (χ1n) is 13.5. The number of pyridine rings is 1. The molecular formula is C27H35N11S. The van der Waals surface area contributed by atoms with Crippen molar-refractivity contribution in [2.75, 3.05) is 63.9 Å². The number of likely N-dealkylation sites (N-methyl/N-ethyl adjacent to an activating group) is 1. The lowest BCUT2D eigenvalue weighted by molar-refractivity contribution is 0.0709. The van der Waals surface area contributed by atoms with Gasteiger partial charge in [-0.25, -0.2) is 9.97 Å². The summed E-state index contributed by atoms with van der Waals surface area (Å²) >= 11 is 1.57. The normalized spacial score (nSPS) is 18.4. The third kappa shape index (κ3) is 5.78. The first-order chi connectivity index (χ1) is 19.0. The average molecular weight is 546 g/mol. The molecule has 0 atom stereocenters. The number of aryl methyl sites for hydroxylation is 1. The number of piperidine rings is 1. The Hall–Kier alpha value is -3.45. The molecule has 0 amide bonds. The van der Waals surface area contributed by atoms with E-state index in [0.29, 0.717) is 11.8 Å². The van der Waals surface area contributed by atoms with Crippen LogP contribution in [0.15, 0.2) is 36.1 Å². The Labute approximate surface area is 232 Å². The van der Waals surface area contributed by atoms with Gasteiger partial charge in [-0.15, -0.1) is 16.4 Å². The summed E-state index contributed by atoms with van der Waals surface area (Å²) in [5, 5.41) is 9.77. The van der Waals surface area contributed by atoms with Crippen molar-refractivity contribution in [1.82, 2.24) is 44.4 Å². The smallest absolute Gasteiger partial charge is 0.248 e. The van der Waals surface area contributed by atoms with Gasteiger partial charge < -0.3 is 16.0 Å². The van der Waals surface area contributed by atoms with Gasteiger partial charge in [0.1, 0.15) is 6.33 Å². The summed E-state index contributed by atoms with van der Waals surface area (Å²) < 4.78 is 2.47. The van der Waals surface area contributed by atoms with Crippen molar-refractivity contribution in [2.45, 2.75) is 25.8 Å². The third-order valence-corrected chi connectivity index (χ3v) is 8.73. The van der Waals surface area contributed by atoms with E-state index in [0.717, 1.165) is 52.8 Å². The molecule has 11 nitrogen and oxygen atoms in total. The largest absolute Gasteiger partial charge is 0.368 e. The number of rotatable bonds is 7. The number of thiophene rings is 1. The molecule has 12 heteroatoms. The lowest BCUT2D eigenvalue weighted by Gasteiger charge is -2.41. The van der Waals surface area contributed by atoms with Gasteiger partial charge in [-0.3, -0.25) is 14.8 Å². The molecule has 6 rings (SSSR count). The standard InChI is InChI=1S/C27H35N11S/c1-19-17-39-24-23(19)30-18-31-25(24)38-26(28)33-27(34-38)32-21-6-5-20(29-16-21)4-3-9-36-10-7-22(8-11-36)37-14-12-35(2)13-15-37/h3-6,16-18,22H,7-15H2,1-2H3,(H3,28,32,33,34). The van der Waals surface area contributed by atoms with Crippen LogP contribution in [0.3, 0.4) is 0 Å². The Bertz CT molecular complexity index is 1430. The van der Waals surface area contributed by atoms with Crippen LogP contribution in [-0.4, -0.2) is 103 Å². The van der Waals surface area contributed by atoms with Gasteiger partial charge in [0.15, 0.2) is 5.82 Å². The predicted octanol–water partition coefficient (Wildman–Crippen LogP) is 3.03. The zero-order valence-corrected chi connectivity index (χ0v) is 23.3. The van der Waals surface area contributed by atoms with E-state index in [-0.39, 0.29) is 5.95 Å². The minimum atomic E-state index is 0.253. The maximum absolute atomic E-state index is 6.18. The Morgan fingerprint density at radius 3 is 2.67 bits per heavy atom. The van der Waals surface area contributed by atoms with Crippen molar-refractivity contribution in [3.63, 3.8) is 0 Å². The summed E-state index contributed by atoms with van der Waals surface area (Å²) in [5.74, 6) is 1.26. The molecule has 39 heavy (non-hydrogen) atoms. The number of likely N-dealkylation sites (tertiary alicyclic amines) is 1. The molecule has 3 N–H and O–H groups in total. The van der Waals surface area contributed by atoms with Crippen LogP contribution in [0.1, 0.15) is 24.1 Å². The molecule has 0 radical (unpaired) electrons. The first kappa shape index (κ1) is 25.8. The molecular weight excluding hydrogens is 510 g/mol. The molecule has 0 aliphatic carbocycles. The fourth-order valence-corrected chi connectivity index (χ4v) is 6.30. The van der Waals surface area contributed by atoms with Crippen LogP contribution in [0, 0.1) is 6.92 Å². The Morgan fingerprint density at radius 1 is 1.08 bits per heavy atom. The average Bonchev–Trinajstić information content (AvgIpc) is 3.52. The lowest BCUT2D eigenvalue weighted by atomic mass is 10.0. The SMILES string of the molecule is Cc1csc2c(-n3nc(Nc4ccc(C=CCN5CCC(N6CCN(C)CC6)CC5)nc4)nc3N)ncnc12. The van der Waals surface area contributed by atoms with E-state index >= 15 is 0 Å². The van der Waals surface area contributed by atoms with Gasteiger partial charge in [-0.1, -0.05) is 6.08 Å². The van der Waals surface area contributed by atoms with E-state index in [2.05, 4.69) is 64.3 Å². The summed E-state index contributed by atoms with van der Waals surface area (Å²) in [4.78, 5) is 25.4. The summed E-state index contributed by atoms with van der Waals surface area (Å²) in [6.07, 6.45) is 10.1. The maximum Gasteiger partial charge on any atom is 0.248 e. The summed E-state index contributed by atoms with van der Waals surface area (Å²) in [5.41, 5.74) is 9.88. The monoisotopic (exact) mass is 545 g/mol. The van der Waals surface area contributed by atoms with E-state index in [4.69, 9.17) is 5.73 Å². The van der Waals surface area contributed by atoms with Crippen LogP contribution in [0.25, 0.3) is 22.1 Å². The van der Waals surface area contributed by atoms with Gasteiger partial charge in [-0.05, 0) is 69.1 Å². The zero-order valence-electron chi connectivity index (χ0n) is 22.5.